The molecule has 2 heterocycles. The molecule has 1 aliphatic rings. The molecule has 1 aromatic heterocycles. The van der Waals surface area contributed by atoms with E-state index in [-0.39, 0.29) is 5.91 Å². The van der Waals surface area contributed by atoms with Gasteiger partial charge >= 0.3 is 11.9 Å². The lowest BCUT2D eigenvalue weighted by Gasteiger charge is -2.11. The topological polar surface area (TPSA) is 55.5 Å². The molecule has 2 aromatic rings. The monoisotopic (exact) mass is 316 g/mol. The van der Waals surface area contributed by atoms with Crippen LogP contribution in [0.1, 0.15) is 11.8 Å². The predicted molar refractivity (Wildman–Crippen MR) is 86.9 cm³/mol. The van der Waals surface area contributed by atoms with Gasteiger partial charge in [-0.1, -0.05) is 6.07 Å². The molecule has 0 radical (unpaired) electrons. The predicted octanol–water partition coefficient (Wildman–Crippen LogP) is 1.04. The zero-order valence-corrected chi connectivity index (χ0v) is 13.2. The molecule has 22 heavy (non-hydrogen) atoms. The van der Waals surface area contributed by atoms with Crippen LogP contribution in [0.4, 0.5) is 5.69 Å². The van der Waals surface area contributed by atoms with Gasteiger partial charge in [-0.2, -0.15) is 4.90 Å². The lowest BCUT2D eigenvalue weighted by Crippen LogP contribution is -2.72. The molecule has 0 aliphatic carbocycles. The molecule has 5 nitrogen and oxygen atoms in total. The third kappa shape index (κ3) is 3.28. The number of amides is 1. The number of guanidine groups is 1. The summed E-state index contributed by atoms with van der Waals surface area (Å²) in [7, 11) is 0. The molecular formula is C16H18N3O2S+. The van der Waals surface area contributed by atoms with E-state index in [9.17, 15) is 4.79 Å². The SMILES string of the molecule is CCOc1ccc(NC2=[NH+]CC(=O)N2Cc2cccs2)cc1. The minimum atomic E-state index is 0.0711. The largest absolute Gasteiger partial charge is 0.494 e. The van der Waals surface area contributed by atoms with Crippen molar-refractivity contribution in [1.82, 2.24) is 4.90 Å². The van der Waals surface area contributed by atoms with Crippen molar-refractivity contribution in [3.63, 3.8) is 0 Å². The number of rotatable bonds is 5. The van der Waals surface area contributed by atoms with Crippen LogP contribution in [0.3, 0.4) is 0 Å². The fourth-order valence-electron chi connectivity index (χ4n) is 2.25. The molecule has 0 atom stereocenters. The number of hydrogen-bond acceptors (Lipinski definition) is 4. The lowest BCUT2D eigenvalue weighted by atomic mass is 10.3. The Bertz CT molecular complexity index is 665. The number of carbonyl (C=O) groups is 1. The minimum Gasteiger partial charge on any atom is -0.494 e. The van der Waals surface area contributed by atoms with Gasteiger partial charge in [-0.3, -0.25) is 9.79 Å². The number of ether oxygens (including phenoxy) is 1. The molecule has 0 saturated carbocycles. The Kier molecular flexibility index (Phi) is 4.39. The fourth-order valence-corrected chi connectivity index (χ4v) is 2.94. The van der Waals surface area contributed by atoms with Crippen molar-refractivity contribution in [2.24, 2.45) is 0 Å². The quantitative estimate of drug-likeness (QED) is 0.866. The van der Waals surface area contributed by atoms with Gasteiger partial charge in [0.2, 0.25) is 0 Å². The molecule has 0 spiro atoms. The van der Waals surface area contributed by atoms with E-state index < -0.39 is 0 Å². The molecule has 0 unspecified atom stereocenters. The maximum atomic E-state index is 12.0. The summed E-state index contributed by atoms with van der Waals surface area (Å²) in [6, 6.07) is 11.7. The van der Waals surface area contributed by atoms with Crippen LogP contribution in [-0.2, 0) is 11.3 Å². The first-order valence-electron chi connectivity index (χ1n) is 7.19. The lowest BCUT2D eigenvalue weighted by molar-refractivity contribution is -0.438. The second kappa shape index (κ2) is 6.62. The average Bonchev–Trinajstić information content (AvgIpc) is 3.15. The number of hydrogen-bond donors (Lipinski definition) is 2. The van der Waals surface area contributed by atoms with Crippen molar-refractivity contribution in [2.45, 2.75) is 13.5 Å². The Morgan fingerprint density at radius 2 is 2.14 bits per heavy atom. The number of carbonyl (C=O) groups excluding carboxylic acids is 1. The van der Waals surface area contributed by atoms with E-state index in [2.05, 4.69) is 10.3 Å². The van der Waals surface area contributed by atoms with Crippen LogP contribution < -0.4 is 15.0 Å². The van der Waals surface area contributed by atoms with Crippen LogP contribution in [0.5, 0.6) is 5.75 Å². The molecule has 0 bridgehead atoms. The first-order chi connectivity index (χ1) is 10.8. The summed E-state index contributed by atoms with van der Waals surface area (Å²) in [4.78, 5) is 18.0. The minimum absolute atomic E-state index is 0.0711. The van der Waals surface area contributed by atoms with Crippen LogP contribution in [0, 0.1) is 0 Å². The summed E-state index contributed by atoms with van der Waals surface area (Å²) >= 11 is 1.65. The van der Waals surface area contributed by atoms with Gasteiger partial charge in [0.05, 0.1) is 12.3 Å². The van der Waals surface area contributed by atoms with Gasteiger partial charge in [-0.25, -0.2) is 5.32 Å². The highest BCUT2D eigenvalue weighted by Crippen LogP contribution is 2.17. The molecule has 1 amide bonds. The molecule has 0 fully saturated rings. The van der Waals surface area contributed by atoms with E-state index in [1.165, 1.54) is 0 Å². The number of nitrogens with zero attached hydrogens (tertiary/aromatic N) is 1. The maximum absolute atomic E-state index is 12.0. The Hall–Kier alpha value is -2.34. The molecule has 0 saturated heterocycles. The second-order valence-corrected chi connectivity index (χ2v) is 5.88. The Labute approximate surface area is 133 Å². The summed E-state index contributed by atoms with van der Waals surface area (Å²) in [5, 5.41) is 5.28. The summed E-state index contributed by atoms with van der Waals surface area (Å²) in [5.74, 6) is 1.63. The van der Waals surface area contributed by atoms with Gasteiger partial charge < -0.3 is 4.74 Å². The third-order valence-electron chi connectivity index (χ3n) is 3.30. The van der Waals surface area contributed by atoms with Gasteiger partial charge in [0, 0.05) is 4.88 Å². The molecule has 2 N–H and O–H groups in total. The van der Waals surface area contributed by atoms with Gasteiger partial charge in [0.25, 0.3) is 0 Å². The van der Waals surface area contributed by atoms with Crippen molar-refractivity contribution >= 4 is 28.9 Å². The molecular weight excluding hydrogens is 298 g/mol. The van der Waals surface area contributed by atoms with Crippen LogP contribution in [0.2, 0.25) is 0 Å². The van der Waals surface area contributed by atoms with E-state index in [4.69, 9.17) is 4.74 Å². The first kappa shape index (κ1) is 14.6. The van der Waals surface area contributed by atoms with Crippen molar-refractivity contribution < 1.29 is 14.5 Å². The third-order valence-corrected chi connectivity index (χ3v) is 4.16. The van der Waals surface area contributed by atoms with Crippen LogP contribution in [-0.4, -0.2) is 29.9 Å². The highest BCUT2D eigenvalue weighted by atomic mass is 32.1. The van der Waals surface area contributed by atoms with Crippen LogP contribution in [0.15, 0.2) is 41.8 Å². The van der Waals surface area contributed by atoms with Gasteiger partial charge in [-0.05, 0) is 42.6 Å². The highest BCUT2D eigenvalue weighted by Gasteiger charge is 2.33. The van der Waals surface area contributed by atoms with Gasteiger partial charge in [-0.15, -0.1) is 11.3 Å². The average molecular weight is 316 g/mol. The van der Waals surface area contributed by atoms with Crippen LogP contribution >= 0.6 is 11.3 Å². The maximum Gasteiger partial charge on any atom is 0.358 e. The Morgan fingerprint density at radius 3 is 2.82 bits per heavy atom. The smallest absolute Gasteiger partial charge is 0.358 e. The number of anilines is 1. The van der Waals surface area contributed by atoms with Crippen molar-refractivity contribution in [1.29, 1.82) is 0 Å². The summed E-state index contributed by atoms with van der Waals surface area (Å²) in [5.41, 5.74) is 0.914. The first-order valence-corrected chi connectivity index (χ1v) is 8.07. The molecule has 1 aliphatic heterocycles. The van der Waals surface area contributed by atoms with E-state index in [1.807, 2.05) is 48.7 Å². The zero-order chi connectivity index (χ0) is 15.4. The highest BCUT2D eigenvalue weighted by molar-refractivity contribution is 7.09. The van der Waals surface area contributed by atoms with Gasteiger partial charge in [0.15, 0.2) is 6.54 Å². The van der Waals surface area contributed by atoms with E-state index in [0.29, 0.717) is 19.7 Å². The molecule has 114 valence electrons. The van der Waals surface area contributed by atoms with E-state index in [1.54, 1.807) is 16.2 Å². The number of thiophene rings is 1. The Morgan fingerprint density at radius 1 is 1.32 bits per heavy atom. The zero-order valence-electron chi connectivity index (χ0n) is 12.3. The van der Waals surface area contributed by atoms with Gasteiger partial charge in [0.1, 0.15) is 12.3 Å². The summed E-state index contributed by atoms with van der Waals surface area (Å²) in [6.07, 6.45) is 0. The standard InChI is InChI=1S/C16H17N3O2S/c1-2-21-13-7-5-12(6-8-13)18-16-17-10-15(20)19(16)11-14-4-3-9-22-14/h3-9H,2,10-11H2,1H3,(H,17,18)/p+1. The van der Waals surface area contributed by atoms with E-state index >= 15 is 0 Å². The normalized spacial score (nSPS) is 14.1. The number of nitrogens with one attached hydrogen (secondary N) is 2. The molecule has 3 rings (SSSR count). The fraction of sp³-hybridized carbons (Fsp3) is 0.250. The molecule has 6 heteroatoms. The second-order valence-electron chi connectivity index (χ2n) is 4.84. The van der Waals surface area contributed by atoms with Crippen LogP contribution in [0.25, 0.3) is 0 Å². The van der Waals surface area contributed by atoms with E-state index in [0.717, 1.165) is 22.3 Å². The van der Waals surface area contributed by atoms with Crippen molar-refractivity contribution in [2.75, 3.05) is 18.5 Å². The molecule has 1 aromatic carbocycles. The summed E-state index contributed by atoms with van der Waals surface area (Å²) < 4.78 is 5.43. The number of benzene rings is 1. The van der Waals surface area contributed by atoms with Crippen molar-refractivity contribution in [3.05, 3.63) is 46.7 Å². The van der Waals surface area contributed by atoms with Crippen molar-refractivity contribution in [3.8, 4) is 5.75 Å². The summed E-state index contributed by atoms with van der Waals surface area (Å²) in [6.45, 7) is 3.51. The Balaban J connectivity index is 1.68.